The first-order valence-electron chi connectivity index (χ1n) is 11.4. The Bertz CT molecular complexity index is 1440. The lowest BCUT2D eigenvalue weighted by molar-refractivity contribution is -0.111. The Morgan fingerprint density at radius 2 is 1.86 bits per heavy atom. The number of aromatic nitrogens is 6. The van der Waals surface area contributed by atoms with E-state index in [2.05, 4.69) is 30.6 Å². The maximum Gasteiger partial charge on any atom is 0.248 e. The van der Waals surface area contributed by atoms with Crippen LogP contribution < -0.4 is 5.32 Å². The van der Waals surface area contributed by atoms with Crippen molar-refractivity contribution in [3.8, 4) is 11.1 Å². The van der Waals surface area contributed by atoms with Crippen LogP contribution in [0.1, 0.15) is 22.6 Å². The molecule has 4 heterocycles. The molecule has 0 atom stereocenters. The van der Waals surface area contributed by atoms with Gasteiger partial charge in [0, 0.05) is 60.3 Å². The molecule has 0 saturated heterocycles. The summed E-state index contributed by atoms with van der Waals surface area (Å²) in [6.45, 7) is 0.627. The van der Waals surface area contributed by atoms with Gasteiger partial charge in [-0.3, -0.25) is 19.4 Å². The fraction of sp³-hybridized carbons (Fsp3) is 0.111. The van der Waals surface area contributed by atoms with E-state index in [4.69, 9.17) is 4.42 Å². The van der Waals surface area contributed by atoms with Crippen molar-refractivity contribution < 1.29 is 9.21 Å². The van der Waals surface area contributed by atoms with E-state index in [0.717, 1.165) is 34.2 Å². The van der Waals surface area contributed by atoms with Crippen LogP contribution in [0.5, 0.6) is 0 Å². The van der Waals surface area contributed by atoms with Gasteiger partial charge in [0.1, 0.15) is 0 Å². The number of nitrogens with zero attached hydrogens (tertiary/aromatic N) is 6. The lowest BCUT2D eigenvalue weighted by Gasteiger charge is -2.05. The third-order valence-electron chi connectivity index (χ3n) is 5.53. The second-order valence-corrected chi connectivity index (χ2v) is 8.10. The zero-order chi connectivity index (χ0) is 24.6. The van der Waals surface area contributed by atoms with Gasteiger partial charge in [-0.2, -0.15) is 5.10 Å². The molecule has 0 unspecified atom stereocenters. The van der Waals surface area contributed by atoms with E-state index in [1.807, 2.05) is 65.7 Å². The van der Waals surface area contributed by atoms with Crippen molar-refractivity contribution in [2.45, 2.75) is 19.4 Å². The molecule has 0 saturated carbocycles. The summed E-state index contributed by atoms with van der Waals surface area (Å²) in [5, 5.41) is 14.9. The number of nitrogens with one attached hydrogen (secondary N) is 1. The molecular formula is C27H23N7O2. The van der Waals surface area contributed by atoms with E-state index in [-0.39, 0.29) is 5.91 Å². The number of hydrogen-bond acceptors (Lipinski definition) is 7. The SMILES string of the molecule is O=C(C=Cc1cnccc1-c1cnn(Cc2cccnc2)c1)Nc1ccc(CCc2nnco2)cc1. The molecule has 0 fully saturated rings. The van der Waals surface area contributed by atoms with Crippen molar-refractivity contribution in [3.63, 3.8) is 0 Å². The third kappa shape index (κ3) is 5.95. The molecule has 0 aliphatic carbocycles. The molecule has 0 bridgehead atoms. The lowest BCUT2D eigenvalue weighted by atomic mass is 10.0. The Hall–Kier alpha value is -4.92. The average molecular weight is 478 g/mol. The predicted molar refractivity (Wildman–Crippen MR) is 135 cm³/mol. The monoisotopic (exact) mass is 477 g/mol. The molecule has 36 heavy (non-hydrogen) atoms. The summed E-state index contributed by atoms with van der Waals surface area (Å²) in [4.78, 5) is 20.9. The van der Waals surface area contributed by atoms with Crippen LogP contribution in [0.15, 0.2) is 96.5 Å². The Balaban J connectivity index is 1.21. The summed E-state index contributed by atoms with van der Waals surface area (Å²) in [5.74, 6) is 0.379. The predicted octanol–water partition coefficient (Wildman–Crippen LogP) is 4.21. The fourth-order valence-electron chi connectivity index (χ4n) is 3.73. The molecular weight excluding hydrogens is 454 g/mol. The van der Waals surface area contributed by atoms with Crippen LogP contribution in [-0.2, 0) is 24.2 Å². The van der Waals surface area contributed by atoms with Gasteiger partial charge in [-0.1, -0.05) is 18.2 Å². The zero-order valence-corrected chi connectivity index (χ0v) is 19.4. The van der Waals surface area contributed by atoms with Gasteiger partial charge >= 0.3 is 0 Å². The second-order valence-electron chi connectivity index (χ2n) is 8.10. The van der Waals surface area contributed by atoms with Gasteiger partial charge in [-0.25, -0.2) is 0 Å². The van der Waals surface area contributed by atoms with Gasteiger partial charge in [-0.05, 0) is 53.5 Å². The van der Waals surface area contributed by atoms with Gasteiger partial charge in [0.05, 0.1) is 12.7 Å². The number of hydrogen-bond donors (Lipinski definition) is 1. The largest absolute Gasteiger partial charge is 0.428 e. The lowest BCUT2D eigenvalue weighted by Crippen LogP contribution is -2.07. The first-order valence-corrected chi connectivity index (χ1v) is 11.4. The van der Waals surface area contributed by atoms with Gasteiger partial charge in [0.15, 0.2) is 0 Å². The minimum absolute atomic E-state index is 0.226. The molecule has 4 aromatic heterocycles. The normalized spacial score (nSPS) is 11.1. The maximum atomic E-state index is 12.5. The number of carbonyl (C=O) groups excluding carboxylic acids is 1. The van der Waals surface area contributed by atoms with Crippen molar-refractivity contribution >= 4 is 17.7 Å². The molecule has 0 radical (unpaired) electrons. The second kappa shape index (κ2) is 11.0. The first kappa shape index (κ1) is 22.9. The molecule has 0 aliphatic heterocycles. The smallest absolute Gasteiger partial charge is 0.248 e. The Morgan fingerprint density at radius 3 is 2.67 bits per heavy atom. The molecule has 1 amide bonds. The molecule has 1 N–H and O–H groups in total. The van der Waals surface area contributed by atoms with Crippen LogP contribution in [-0.4, -0.2) is 35.9 Å². The van der Waals surface area contributed by atoms with Crippen LogP contribution in [0.25, 0.3) is 17.2 Å². The van der Waals surface area contributed by atoms with Gasteiger partial charge in [0.25, 0.3) is 0 Å². The molecule has 9 heteroatoms. The highest BCUT2D eigenvalue weighted by molar-refractivity contribution is 6.02. The highest BCUT2D eigenvalue weighted by Crippen LogP contribution is 2.24. The summed E-state index contributed by atoms with van der Waals surface area (Å²) in [6, 6.07) is 13.5. The number of amides is 1. The topological polar surface area (TPSA) is 112 Å². The highest BCUT2D eigenvalue weighted by Gasteiger charge is 2.08. The van der Waals surface area contributed by atoms with Crippen molar-refractivity contribution in [3.05, 3.63) is 115 Å². The number of benzene rings is 1. The van der Waals surface area contributed by atoms with Gasteiger partial charge < -0.3 is 9.73 Å². The highest BCUT2D eigenvalue weighted by atomic mass is 16.4. The Labute approximate surface area is 207 Å². The van der Waals surface area contributed by atoms with Crippen LogP contribution in [0, 0.1) is 0 Å². The van der Waals surface area contributed by atoms with E-state index in [1.54, 1.807) is 24.7 Å². The van der Waals surface area contributed by atoms with Crippen LogP contribution in [0.3, 0.4) is 0 Å². The molecule has 1 aromatic carbocycles. The number of carbonyl (C=O) groups is 1. The molecule has 178 valence electrons. The van der Waals surface area contributed by atoms with Gasteiger partial charge in [-0.15, -0.1) is 10.2 Å². The number of pyridine rings is 2. The van der Waals surface area contributed by atoms with E-state index in [0.29, 0.717) is 24.5 Å². The van der Waals surface area contributed by atoms with Crippen molar-refractivity contribution in [2.24, 2.45) is 0 Å². The summed E-state index contributed by atoms with van der Waals surface area (Å²) in [7, 11) is 0. The number of anilines is 1. The third-order valence-corrected chi connectivity index (χ3v) is 5.53. The Morgan fingerprint density at radius 1 is 0.972 bits per heavy atom. The molecule has 9 nitrogen and oxygen atoms in total. The van der Waals surface area contributed by atoms with Crippen molar-refractivity contribution in [1.82, 2.24) is 29.9 Å². The fourth-order valence-corrected chi connectivity index (χ4v) is 3.73. The Kier molecular flexibility index (Phi) is 6.98. The summed E-state index contributed by atoms with van der Waals surface area (Å²) < 4.78 is 7.02. The molecule has 0 spiro atoms. The van der Waals surface area contributed by atoms with Crippen LogP contribution in [0.4, 0.5) is 5.69 Å². The zero-order valence-electron chi connectivity index (χ0n) is 19.4. The molecule has 0 aliphatic rings. The maximum absolute atomic E-state index is 12.5. The van der Waals surface area contributed by atoms with Crippen molar-refractivity contribution in [1.29, 1.82) is 0 Å². The average Bonchev–Trinajstić information content (AvgIpc) is 3.60. The van der Waals surface area contributed by atoms with E-state index >= 15 is 0 Å². The van der Waals surface area contributed by atoms with E-state index in [9.17, 15) is 4.79 Å². The van der Waals surface area contributed by atoms with Crippen molar-refractivity contribution in [2.75, 3.05) is 5.32 Å². The van der Waals surface area contributed by atoms with E-state index < -0.39 is 0 Å². The molecule has 5 rings (SSSR count). The van der Waals surface area contributed by atoms with Gasteiger partial charge in [0.2, 0.25) is 18.2 Å². The summed E-state index contributed by atoms with van der Waals surface area (Å²) in [6.07, 6.45) is 16.8. The van der Waals surface area contributed by atoms with Crippen LogP contribution >= 0.6 is 0 Å². The minimum Gasteiger partial charge on any atom is -0.428 e. The summed E-state index contributed by atoms with van der Waals surface area (Å²) in [5.41, 5.74) is 5.61. The standard InChI is InChI=1S/C27H23N7O2/c35-26(32-24-7-3-20(4-8-24)5-10-27-33-30-19-36-27)9-6-22-15-29-13-11-25(22)23-16-31-34(18-23)17-21-2-1-12-28-14-21/h1-4,6-9,11-16,18-19H,5,10,17H2,(H,32,35). The molecule has 5 aromatic rings. The number of rotatable bonds is 9. The van der Waals surface area contributed by atoms with Crippen LogP contribution in [0.2, 0.25) is 0 Å². The quantitative estimate of drug-likeness (QED) is 0.317. The summed E-state index contributed by atoms with van der Waals surface area (Å²) >= 11 is 0. The minimum atomic E-state index is -0.226. The number of aryl methyl sites for hydroxylation is 2. The van der Waals surface area contributed by atoms with E-state index in [1.165, 1.54) is 12.5 Å². The first-order chi connectivity index (χ1) is 17.7.